The number of amides is 1. The first-order chi connectivity index (χ1) is 10.2. The van der Waals surface area contributed by atoms with Gasteiger partial charge in [0.15, 0.2) is 0 Å². The molecule has 0 unspecified atom stereocenters. The van der Waals surface area contributed by atoms with E-state index < -0.39 is 5.91 Å². The van der Waals surface area contributed by atoms with E-state index in [1.807, 2.05) is 6.07 Å². The zero-order valence-electron chi connectivity index (χ0n) is 11.7. The molecule has 0 saturated heterocycles. The summed E-state index contributed by atoms with van der Waals surface area (Å²) in [5.74, 6) is 0.138. The fourth-order valence-corrected chi connectivity index (χ4v) is 2.62. The van der Waals surface area contributed by atoms with Crippen molar-refractivity contribution in [1.82, 2.24) is 4.98 Å². The largest absolute Gasteiger partial charge is 0.495 e. The Morgan fingerprint density at radius 3 is 2.90 bits per heavy atom. The van der Waals surface area contributed by atoms with Gasteiger partial charge >= 0.3 is 0 Å². The average molecular weight is 284 g/mol. The molecule has 1 aromatic heterocycles. The highest BCUT2D eigenvalue weighted by Gasteiger charge is 2.18. The predicted octanol–water partition coefficient (Wildman–Crippen LogP) is 2.12. The van der Waals surface area contributed by atoms with Crippen LogP contribution in [-0.2, 0) is 12.8 Å². The van der Waals surface area contributed by atoms with Crippen molar-refractivity contribution in [2.75, 3.05) is 12.4 Å². The molecule has 0 fully saturated rings. The molecule has 0 bridgehead atoms. The maximum absolute atomic E-state index is 12.3. The van der Waals surface area contributed by atoms with E-state index >= 15 is 0 Å². The number of benzene rings is 1. The number of pyridine rings is 1. The number of carbonyl (C=O) groups is 1. The van der Waals surface area contributed by atoms with Gasteiger partial charge in [-0.3, -0.25) is 9.59 Å². The minimum absolute atomic E-state index is 0.140. The van der Waals surface area contributed by atoms with Crippen molar-refractivity contribution in [3.8, 4) is 5.75 Å². The van der Waals surface area contributed by atoms with Gasteiger partial charge in [0.25, 0.3) is 11.5 Å². The molecule has 2 N–H and O–H groups in total. The molecule has 0 aliphatic heterocycles. The lowest BCUT2D eigenvalue weighted by Crippen LogP contribution is -2.24. The van der Waals surface area contributed by atoms with Crippen molar-refractivity contribution in [3.63, 3.8) is 0 Å². The van der Waals surface area contributed by atoms with Gasteiger partial charge in [0.05, 0.1) is 12.8 Å². The molecule has 1 aromatic carbocycles. The number of hydrogen-bond donors (Lipinski definition) is 2. The third kappa shape index (κ3) is 2.54. The van der Waals surface area contributed by atoms with Crippen LogP contribution < -0.4 is 15.6 Å². The van der Waals surface area contributed by atoms with Gasteiger partial charge in [-0.15, -0.1) is 0 Å². The molecule has 0 atom stereocenters. The molecule has 1 aliphatic carbocycles. The normalized spacial score (nSPS) is 12.8. The number of rotatable bonds is 3. The molecule has 0 radical (unpaired) electrons. The number of aryl methyl sites for hydroxylation is 2. The second-order valence-corrected chi connectivity index (χ2v) is 5.02. The SMILES string of the molecule is COc1ccccc1NC(=O)c1cc2c([nH]c1=O)CCC2. The van der Waals surface area contributed by atoms with Crippen LogP contribution in [0.1, 0.15) is 28.0 Å². The third-order valence-corrected chi connectivity index (χ3v) is 3.69. The number of hydrogen-bond acceptors (Lipinski definition) is 3. The van der Waals surface area contributed by atoms with Crippen LogP contribution in [0.2, 0.25) is 0 Å². The van der Waals surface area contributed by atoms with Gasteiger partial charge in [0, 0.05) is 5.69 Å². The lowest BCUT2D eigenvalue weighted by Gasteiger charge is -2.10. The highest BCUT2D eigenvalue weighted by Crippen LogP contribution is 2.24. The number of methoxy groups -OCH3 is 1. The summed E-state index contributed by atoms with van der Waals surface area (Å²) in [4.78, 5) is 27.1. The Morgan fingerprint density at radius 2 is 2.10 bits per heavy atom. The van der Waals surface area contributed by atoms with E-state index in [0.717, 1.165) is 30.5 Å². The van der Waals surface area contributed by atoms with Crippen molar-refractivity contribution in [1.29, 1.82) is 0 Å². The Kier molecular flexibility index (Phi) is 3.48. The lowest BCUT2D eigenvalue weighted by molar-refractivity contribution is 0.102. The van der Waals surface area contributed by atoms with E-state index in [1.54, 1.807) is 24.3 Å². The van der Waals surface area contributed by atoms with E-state index in [9.17, 15) is 9.59 Å². The van der Waals surface area contributed by atoms with Crippen molar-refractivity contribution in [2.24, 2.45) is 0 Å². The number of fused-ring (bicyclic) bond motifs is 1. The highest BCUT2D eigenvalue weighted by molar-refractivity contribution is 6.04. The summed E-state index contributed by atoms with van der Waals surface area (Å²) in [5.41, 5.74) is 2.35. The Hall–Kier alpha value is -2.56. The zero-order chi connectivity index (χ0) is 14.8. The van der Waals surface area contributed by atoms with Crippen LogP contribution in [0.25, 0.3) is 0 Å². The molecular weight excluding hydrogens is 268 g/mol. The van der Waals surface area contributed by atoms with Gasteiger partial charge in [-0.05, 0) is 43.0 Å². The van der Waals surface area contributed by atoms with Crippen LogP contribution in [0, 0.1) is 0 Å². The van der Waals surface area contributed by atoms with Crippen LogP contribution in [0.15, 0.2) is 35.1 Å². The zero-order valence-corrected chi connectivity index (χ0v) is 11.7. The summed E-state index contributed by atoms with van der Waals surface area (Å²) in [6, 6.07) is 8.80. The van der Waals surface area contributed by atoms with Gasteiger partial charge in [0.2, 0.25) is 0 Å². The molecule has 1 aliphatic rings. The molecule has 3 rings (SSSR count). The fourth-order valence-electron chi connectivity index (χ4n) is 2.62. The number of aromatic amines is 1. The number of anilines is 1. The first-order valence-corrected chi connectivity index (χ1v) is 6.88. The van der Waals surface area contributed by atoms with Crippen LogP contribution in [0.4, 0.5) is 5.69 Å². The van der Waals surface area contributed by atoms with Crippen LogP contribution in [0.5, 0.6) is 5.75 Å². The lowest BCUT2D eigenvalue weighted by atomic mass is 10.1. The Balaban J connectivity index is 1.91. The second-order valence-electron chi connectivity index (χ2n) is 5.02. The van der Waals surface area contributed by atoms with E-state index in [4.69, 9.17) is 4.74 Å². The molecule has 21 heavy (non-hydrogen) atoms. The third-order valence-electron chi connectivity index (χ3n) is 3.69. The quantitative estimate of drug-likeness (QED) is 0.907. The standard InChI is InChI=1S/C16H16N2O3/c1-21-14-8-3-2-6-13(14)18-16(20)11-9-10-5-4-7-12(10)17-15(11)19/h2-3,6,8-9H,4-5,7H2,1H3,(H,17,19)(H,18,20). The number of aromatic nitrogens is 1. The van der Waals surface area contributed by atoms with Gasteiger partial charge in [-0.1, -0.05) is 12.1 Å². The first-order valence-electron chi connectivity index (χ1n) is 6.88. The second kappa shape index (κ2) is 5.44. The minimum Gasteiger partial charge on any atom is -0.495 e. The molecule has 1 amide bonds. The van der Waals surface area contributed by atoms with Gasteiger partial charge in [-0.2, -0.15) is 0 Å². The van der Waals surface area contributed by atoms with Crippen LogP contribution >= 0.6 is 0 Å². The van der Waals surface area contributed by atoms with E-state index in [1.165, 1.54) is 7.11 Å². The molecule has 2 aromatic rings. The summed E-state index contributed by atoms with van der Waals surface area (Å²) < 4.78 is 5.19. The van der Waals surface area contributed by atoms with Crippen molar-refractivity contribution < 1.29 is 9.53 Å². The Morgan fingerprint density at radius 1 is 1.29 bits per heavy atom. The molecule has 5 heteroatoms. The summed E-state index contributed by atoms with van der Waals surface area (Å²) >= 11 is 0. The maximum Gasteiger partial charge on any atom is 0.261 e. The smallest absolute Gasteiger partial charge is 0.261 e. The number of nitrogens with one attached hydrogen (secondary N) is 2. The topological polar surface area (TPSA) is 71.2 Å². The number of ether oxygens (including phenoxy) is 1. The number of H-pyrrole nitrogens is 1. The first kappa shape index (κ1) is 13.4. The van der Waals surface area contributed by atoms with Crippen LogP contribution in [0.3, 0.4) is 0 Å². The van der Waals surface area contributed by atoms with E-state index in [2.05, 4.69) is 10.3 Å². The van der Waals surface area contributed by atoms with Crippen molar-refractivity contribution in [3.05, 3.63) is 57.5 Å². The molecule has 1 heterocycles. The molecule has 5 nitrogen and oxygen atoms in total. The summed E-state index contributed by atoms with van der Waals surface area (Å²) in [6.45, 7) is 0. The number of para-hydroxylation sites is 2. The fraction of sp³-hybridized carbons (Fsp3) is 0.250. The highest BCUT2D eigenvalue weighted by atomic mass is 16.5. The van der Waals surface area contributed by atoms with E-state index in [0.29, 0.717) is 11.4 Å². The average Bonchev–Trinajstić information content (AvgIpc) is 2.94. The molecule has 0 saturated carbocycles. The molecular formula is C16H16N2O3. The van der Waals surface area contributed by atoms with Gasteiger partial charge in [0.1, 0.15) is 11.3 Å². The van der Waals surface area contributed by atoms with Gasteiger partial charge in [-0.25, -0.2) is 0 Å². The Bertz CT molecular complexity index is 749. The Labute approximate surface area is 122 Å². The summed E-state index contributed by atoms with van der Waals surface area (Å²) in [6.07, 6.45) is 2.79. The monoisotopic (exact) mass is 284 g/mol. The van der Waals surface area contributed by atoms with Crippen LogP contribution in [-0.4, -0.2) is 18.0 Å². The summed E-state index contributed by atoms with van der Waals surface area (Å²) in [5, 5.41) is 2.73. The number of carbonyl (C=O) groups excluding carboxylic acids is 1. The molecule has 0 spiro atoms. The van der Waals surface area contributed by atoms with Gasteiger partial charge < -0.3 is 15.0 Å². The van der Waals surface area contributed by atoms with E-state index in [-0.39, 0.29) is 11.1 Å². The molecule has 108 valence electrons. The predicted molar refractivity (Wildman–Crippen MR) is 80.0 cm³/mol. The maximum atomic E-state index is 12.3. The minimum atomic E-state index is -0.421. The van der Waals surface area contributed by atoms with Crippen molar-refractivity contribution in [2.45, 2.75) is 19.3 Å². The van der Waals surface area contributed by atoms with Crippen molar-refractivity contribution >= 4 is 11.6 Å². The summed E-state index contributed by atoms with van der Waals surface area (Å²) in [7, 11) is 1.53.